The van der Waals surface area contributed by atoms with Crippen LogP contribution in [0.25, 0.3) is 0 Å². The Morgan fingerprint density at radius 3 is 2.38 bits per heavy atom. The molecule has 82 valence electrons. The van der Waals surface area contributed by atoms with Crippen molar-refractivity contribution in [3.8, 4) is 5.75 Å². The van der Waals surface area contributed by atoms with Crippen LogP contribution in [0.1, 0.15) is 11.1 Å². The fourth-order valence-corrected chi connectivity index (χ4v) is 1.56. The maximum Gasteiger partial charge on any atom is 0.125 e. The van der Waals surface area contributed by atoms with Crippen LogP contribution in [0.4, 0.5) is 10.1 Å². The lowest BCUT2D eigenvalue weighted by atomic mass is 10.0. The zero-order valence-electron chi connectivity index (χ0n) is 8.65. The van der Waals surface area contributed by atoms with Crippen LogP contribution < -0.4 is 5.73 Å². The van der Waals surface area contributed by atoms with Gasteiger partial charge in [0.2, 0.25) is 0 Å². The molecule has 0 aliphatic carbocycles. The third-order valence-electron chi connectivity index (χ3n) is 2.44. The molecule has 0 spiro atoms. The molecule has 0 unspecified atom stereocenters. The zero-order chi connectivity index (χ0) is 11.5. The smallest absolute Gasteiger partial charge is 0.125 e. The number of phenols is 1. The Hall–Kier alpha value is -2.03. The summed E-state index contributed by atoms with van der Waals surface area (Å²) in [5.74, 6) is -0.0946. The Morgan fingerprint density at radius 2 is 1.75 bits per heavy atom. The molecule has 0 aliphatic rings. The van der Waals surface area contributed by atoms with E-state index < -0.39 is 0 Å². The zero-order valence-corrected chi connectivity index (χ0v) is 8.65. The second-order valence-electron chi connectivity index (χ2n) is 3.69. The molecule has 0 amide bonds. The van der Waals surface area contributed by atoms with E-state index in [0.717, 1.165) is 11.1 Å². The Kier molecular flexibility index (Phi) is 2.77. The van der Waals surface area contributed by atoms with E-state index in [4.69, 9.17) is 10.8 Å². The number of phenolic OH excluding ortho intramolecular Hbond substituents is 1. The number of hydrogen-bond acceptors (Lipinski definition) is 2. The number of aromatic hydroxyl groups is 1. The highest BCUT2D eigenvalue weighted by Gasteiger charge is 2.02. The first-order chi connectivity index (χ1) is 7.65. The minimum atomic E-state index is -0.327. The van der Waals surface area contributed by atoms with Gasteiger partial charge in [0.15, 0.2) is 0 Å². The van der Waals surface area contributed by atoms with Gasteiger partial charge in [-0.25, -0.2) is 4.39 Å². The van der Waals surface area contributed by atoms with Crippen LogP contribution in [0, 0.1) is 5.82 Å². The minimum Gasteiger partial charge on any atom is -0.508 e. The lowest BCUT2D eigenvalue weighted by Crippen LogP contribution is -1.96. The van der Waals surface area contributed by atoms with Gasteiger partial charge in [-0.1, -0.05) is 18.2 Å². The molecule has 3 N–H and O–H groups in total. The maximum absolute atomic E-state index is 12.8. The first-order valence-corrected chi connectivity index (χ1v) is 4.97. The molecule has 2 aromatic carbocycles. The monoisotopic (exact) mass is 217 g/mol. The molecule has 0 aliphatic heterocycles. The number of nitrogens with two attached hydrogens (primary N) is 1. The van der Waals surface area contributed by atoms with Crippen molar-refractivity contribution in [2.75, 3.05) is 5.73 Å². The van der Waals surface area contributed by atoms with Gasteiger partial charge in [-0.2, -0.15) is 0 Å². The van der Waals surface area contributed by atoms with Gasteiger partial charge in [-0.15, -0.1) is 0 Å². The summed E-state index contributed by atoms with van der Waals surface area (Å²) in [5.41, 5.74) is 8.07. The number of anilines is 1. The summed E-state index contributed by atoms with van der Waals surface area (Å²) < 4.78 is 12.8. The molecule has 0 saturated carbocycles. The molecule has 0 atom stereocenters. The standard InChI is InChI=1S/C13H12FNO/c14-11-4-3-10(13(15)8-11)7-9-1-5-12(16)6-2-9/h1-6,8,16H,7,15H2. The van der Waals surface area contributed by atoms with Gasteiger partial charge in [-0.3, -0.25) is 0 Å². The van der Waals surface area contributed by atoms with E-state index in [-0.39, 0.29) is 11.6 Å². The highest BCUT2D eigenvalue weighted by molar-refractivity contribution is 5.49. The van der Waals surface area contributed by atoms with E-state index in [1.807, 2.05) is 12.1 Å². The van der Waals surface area contributed by atoms with Crippen LogP contribution in [0.2, 0.25) is 0 Å². The predicted molar refractivity (Wildman–Crippen MR) is 61.7 cm³/mol. The van der Waals surface area contributed by atoms with Crippen molar-refractivity contribution < 1.29 is 9.50 Å². The summed E-state index contributed by atoms with van der Waals surface area (Å²) in [6.45, 7) is 0. The number of rotatable bonds is 2. The average molecular weight is 217 g/mol. The predicted octanol–water partition coefficient (Wildman–Crippen LogP) is 2.70. The van der Waals surface area contributed by atoms with E-state index in [2.05, 4.69) is 0 Å². The topological polar surface area (TPSA) is 46.2 Å². The third kappa shape index (κ3) is 2.31. The fraction of sp³-hybridized carbons (Fsp3) is 0.0769. The van der Waals surface area contributed by atoms with Gasteiger partial charge in [0.1, 0.15) is 11.6 Å². The van der Waals surface area contributed by atoms with Gasteiger partial charge in [-0.05, 0) is 41.8 Å². The molecule has 0 heterocycles. The van der Waals surface area contributed by atoms with E-state index in [0.29, 0.717) is 12.1 Å². The second-order valence-corrected chi connectivity index (χ2v) is 3.69. The van der Waals surface area contributed by atoms with Crippen LogP contribution in [-0.4, -0.2) is 5.11 Å². The van der Waals surface area contributed by atoms with Crippen LogP contribution in [0.5, 0.6) is 5.75 Å². The van der Waals surface area contributed by atoms with Gasteiger partial charge < -0.3 is 10.8 Å². The lowest BCUT2D eigenvalue weighted by molar-refractivity contribution is 0.475. The largest absolute Gasteiger partial charge is 0.508 e. The molecule has 16 heavy (non-hydrogen) atoms. The van der Waals surface area contributed by atoms with Crippen molar-refractivity contribution >= 4 is 5.69 Å². The molecule has 2 nitrogen and oxygen atoms in total. The molecule has 3 heteroatoms. The summed E-state index contributed by atoms with van der Waals surface area (Å²) in [7, 11) is 0. The van der Waals surface area contributed by atoms with Crippen LogP contribution in [-0.2, 0) is 6.42 Å². The van der Waals surface area contributed by atoms with Crippen LogP contribution in [0.3, 0.4) is 0 Å². The van der Waals surface area contributed by atoms with Gasteiger partial charge in [0.05, 0.1) is 0 Å². The molecule has 2 aromatic rings. The van der Waals surface area contributed by atoms with Gasteiger partial charge in [0.25, 0.3) is 0 Å². The Labute approximate surface area is 93.2 Å². The maximum atomic E-state index is 12.8. The SMILES string of the molecule is Nc1cc(F)ccc1Cc1ccc(O)cc1. The summed E-state index contributed by atoms with van der Waals surface area (Å²) in [5, 5.41) is 9.14. The first-order valence-electron chi connectivity index (χ1n) is 4.97. The molecule has 2 rings (SSSR count). The van der Waals surface area contributed by atoms with E-state index in [1.54, 1.807) is 18.2 Å². The molecule has 0 saturated heterocycles. The minimum absolute atomic E-state index is 0.232. The summed E-state index contributed by atoms with van der Waals surface area (Å²) in [4.78, 5) is 0. The number of benzene rings is 2. The molecule has 0 radical (unpaired) electrons. The first kappa shape index (κ1) is 10.5. The van der Waals surface area contributed by atoms with Crippen molar-refractivity contribution in [1.29, 1.82) is 0 Å². The number of hydrogen-bond donors (Lipinski definition) is 2. The summed E-state index contributed by atoms with van der Waals surface area (Å²) in [6.07, 6.45) is 0.631. The van der Waals surface area contributed by atoms with Crippen molar-refractivity contribution in [1.82, 2.24) is 0 Å². The Balaban J connectivity index is 2.23. The van der Waals surface area contributed by atoms with Crippen LogP contribution in [0.15, 0.2) is 42.5 Å². The van der Waals surface area contributed by atoms with E-state index in [9.17, 15) is 4.39 Å². The third-order valence-corrected chi connectivity index (χ3v) is 2.44. The van der Waals surface area contributed by atoms with Crippen molar-refractivity contribution in [2.24, 2.45) is 0 Å². The van der Waals surface area contributed by atoms with Gasteiger partial charge >= 0.3 is 0 Å². The Bertz CT molecular complexity index is 494. The molecular formula is C13H12FNO. The second kappa shape index (κ2) is 4.23. The van der Waals surface area contributed by atoms with Crippen molar-refractivity contribution in [3.05, 3.63) is 59.4 Å². The number of nitrogen functional groups attached to an aromatic ring is 1. The highest BCUT2D eigenvalue weighted by atomic mass is 19.1. The van der Waals surface area contributed by atoms with E-state index in [1.165, 1.54) is 12.1 Å². The molecule has 0 fully saturated rings. The lowest BCUT2D eigenvalue weighted by Gasteiger charge is -2.05. The number of halogens is 1. The summed E-state index contributed by atoms with van der Waals surface area (Å²) >= 11 is 0. The van der Waals surface area contributed by atoms with Crippen molar-refractivity contribution in [3.63, 3.8) is 0 Å². The normalized spacial score (nSPS) is 10.3. The molecule has 0 aromatic heterocycles. The quantitative estimate of drug-likeness (QED) is 0.760. The average Bonchev–Trinajstić information content (AvgIpc) is 2.25. The fourth-order valence-electron chi connectivity index (χ4n) is 1.56. The molecule has 0 bridgehead atoms. The highest BCUT2D eigenvalue weighted by Crippen LogP contribution is 2.19. The van der Waals surface area contributed by atoms with Gasteiger partial charge in [0, 0.05) is 5.69 Å². The Morgan fingerprint density at radius 1 is 1.06 bits per heavy atom. The summed E-state index contributed by atoms with van der Waals surface area (Å²) in [6, 6.07) is 11.3. The van der Waals surface area contributed by atoms with E-state index >= 15 is 0 Å². The van der Waals surface area contributed by atoms with Crippen molar-refractivity contribution in [2.45, 2.75) is 6.42 Å². The molecular weight excluding hydrogens is 205 g/mol. The van der Waals surface area contributed by atoms with Crippen LogP contribution >= 0.6 is 0 Å².